The van der Waals surface area contributed by atoms with Crippen LogP contribution < -0.4 is 9.47 Å². The molecule has 3 nitrogen and oxygen atoms in total. The van der Waals surface area contributed by atoms with Gasteiger partial charge in [0.1, 0.15) is 11.5 Å². The zero-order valence-electron chi connectivity index (χ0n) is 13.4. The Balaban J connectivity index is 2.19. The number of hydrogen-bond donors (Lipinski definition) is 0. The van der Waals surface area contributed by atoms with Crippen LogP contribution in [0, 0.1) is 0 Å². The first-order valence-corrected chi connectivity index (χ1v) is 8.07. The molecule has 0 radical (unpaired) electrons. The number of hydrogen-bond acceptors (Lipinski definition) is 3. The van der Waals surface area contributed by atoms with Crippen molar-refractivity contribution in [2.24, 2.45) is 0 Å². The minimum atomic E-state index is 0.579. The molecule has 1 rings (SSSR count). The summed E-state index contributed by atoms with van der Waals surface area (Å²) in [5.41, 5.74) is 0.579. The molecule has 0 atom stereocenters. The van der Waals surface area contributed by atoms with Gasteiger partial charge in [-0.3, -0.25) is 4.79 Å². The average Bonchev–Trinajstić information content (AvgIpc) is 2.53. The summed E-state index contributed by atoms with van der Waals surface area (Å²) in [6.45, 7) is 2.90. The molecule has 0 spiro atoms. The Morgan fingerprint density at radius 1 is 1.00 bits per heavy atom. The van der Waals surface area contributed by atoms with E-state index in [0.29, 0.717) is 23.7 Å². The van der Waals surface area contributed by atoms with E-state index < -0.39 is 0 Å². The normalized spacial score (nSPS) is 10.4. The number of methoxy groups -OCH3 is 1. The Morgan fingerprint density at radius 3 is 2.29 bits per heavy atom. The van der Waals surface area contributed by atoms with Gasteiger partial charge in [0, 0.05) is 6.07 Å². The fourth-order valence-electron chi connectivity index (χ4n) is 2.28. The predicted molar refractivity (Wildman–Crippen MR) is 86.5 cm³/mol. The Morgan fingerprint density at radius 2 is 1.67 bits per heavy atom. The summed E-state index contributed by atoms with van der Waals surface area (Å²) in [5, 5.41) is 0. The molecule has 118 valence electrons. The largest absolute Gasteiger partial charge is 0.497 e. The number of benzene rings is 1. The van der Waals surface area contributed by atoms with Crippen LogP contribution in [0.1, 0.15) is 68.6 Å². The second kappa shape index (κ2) is 11.2. The van der Waals surface area contributed by atoms with Gasteiger partial charge in [-0.1, -0.05) is 51.9 Å². The van der Waals surface area contributed by atoms with E-state index in [0.717, 1.165) is 12.7 Å². The third-order valence-corrected chi connectivity index (χ3v) is 3.60. The maximum Gasteiger partial charge on any atom is 0.153 e. The van der Waals surface area contributed by atoms with Crippen molar-refractivity contribution in [3.8, 4) is 11.5 Å². The third kappa shape index (κ3) is 7.16. The first kappa shape index (κ1) is 17.5. The molecule has 0 unspecified atom stereocenters. The summed E-state index contributed by atoms with van der Waals surface area (Å²) >= 11 is 0. The van der Waals surface area contributed by atoms with Crippen molar-refractivity contribution in [3.05, 3.63) is 23.8 Å². The van der Waals surface area contributed by atoms with Crippen LogP contribution in [0.4, 0.5) is 0 Å². The average molecular weight is 292 g/mol. The van der Waals surface area contributed by atoms with Gasteiger partial charge in [-0.05, 0) is 18.6 Å². The highest BCUT2D eigenvalue weighted by Gasteiger charge is 2.04. The molecule has 0 aliphatic carbocycles. The van der Waals surface area contributed by atoms with E-state index in [1.807, 2.05) is 0 Å². The van der Waals surface area contributed by atoms with E-state index in [1.54, 1.807) is 25.3 Å². The fraction of sp³-hybridized carbons (Fsp3) is 0.611. The van der Waals surface area contributed by atoms with Gasteiger partial charge in [-0.15, -0.1) is 0 Å². The lowest BCUT2D eigenvalue weighted by Crippen LogP contribution is -2.00. The monoisotopic (exact) mass is 292 g/mol. The lowest BCUT2D eigenvalue weighted by atomic mass is 10.1. The van der Waals surface area contributed by atoms with Crippen molar-refractivity contribution in [2.45, 2.75) is 58.3 Å². The number of carbonyl (C=O) groups is 1. The summed E-state index contributed by atoms with van der Waals surface area (Å²) < 4.78 is 10.9. The van der Waals surface area contributed by atoms with Gasteiger partial charge in [-0.25, -0.2) is 0 Å². The standard InChI is InChI=1S/C18H28O3/c1-3-4-5-6-7-8-9-10-13-21-18-14-17(20-2)12-11-16(18)15-19/h11-12,14-15H,3-10,13H2,1-2H3. The molecule has 0 saturated heterocycles. The molecular formula is C18H28O3. The molecule has 0 aliphatic rings. The molecule has 21 heavy (non-hydrogen) atoms. The molecular weight excluding hydrogens is 264 g/mol. The van der Waals surface area contributed by atoms with Crippen LogP contribution in [0.2, 0.25) is 0 Å². The maximum absolute atomic E-state index is 11.0. The SMILES string of the molecule is CCCCCCCCCCOc1cc(OC)ccc1C=O. The van der Waals surface area contributed by atoms with Crippen molar-refractivity contribution in [1.29, 1.82) is 0 Å². The van der Waals surface area contributed by atoms with Gasteiger partial charge in [0.25, 0.3) is 0 Å². The Labute approximate surface area is 128 Å². The van der Waals surface area contributed by atoms with Crippen molar-refractivity contribution < 1.29 is 14.3 Å². The minimum absolute atomic E-state index is 0.579. The maximum atomic E-state index is 11.0. The van der Waals surface area contributed by atoms with Crippen LogP contribution in [0.25, 0.3) is 0 Å². The zero-order chi connectivity index (χ0) is 15.3. The summed E-state index contributed by atoms with van der Waals surface area (Å²) in [6.07, 6.45) is 11.0. The van der Waals surface area contributed by atoms with E-state index in [4.69, 9.17) is 9.47 Å². The number of carbonyl (C=O) groups excluding carboxylic acids is 1. The van der Waals surface area contributed by atoms with E-state index in [1.165, 1.54) is 44.9 Å². The highest BCUT2D eigenvalue weighted by Crippen LogP contribution is 2.23. The van der Waals surface area contributed by atoms with Gasteiger partial charge < -0.3 is 9.47 Å². The summed E-state index contributed by atoms with van der Waals surface area (Å²) in [6, 6.07) is 5.27. The lowest BCUT2D eigenvalue weighted by molar-refractivity contribution is 0.111. The van der Waals surface area contributed by atoms with E-state index in [-0.39, 0.29) is 0 Å². The molecule has 3 heteroatoms. The minimum Gasteiger partial charge on any atom is -0.497 e. The van der Waals surface area contributed by atoms with Crippen molar-refractivity contribution in [3.63, 3.8) is 0 Å². The highest BCUT2D eigenvalue weighted by atomic mass is 16.5. The number of aldehydes is 1. The summed E-state index contributed by atoms with van der Waals surface area (Å²) in [7, 11) is 1.61. The van der Waals surface area contributed by atoms with Crippen LogP contribution in [0.5, 0.6) is 11.5 Å². The molecule has 0 bridgehead atoms. The van der Waals surface area contributed by atoms with Gasteiger partial charge >= 0.3 is 0 Å². The van der Waals surface area contributed by atoms with Crippen LogP contribution in [0.3, 0.4) is 0 Å². The fourth-order valence-corrected chi connectivity index (χ4v) is 2.28. The number of unbranched alkanes of at least 4 members (excludes halogenated alkanes) is 7. The zero-order valence-corrected chi connectivity index (χ0v) is 13.4. The first-order chi connectivity index (χ1) is 10.3. The van der Waals surface area contributed by atoms with Gasteiger partial charge in [-0.2, -0.15) is 0 Å². The van der Waals surface area contributed by atoms with E-state index in [9.17, 15) is 4.79 Å². The van der Waals surface area contributed by atoms with Crippen LogP contribution >= 0.6 is 0 Å². The van der Waals surface area contributed by atoms with E-state index in [2.05, 4.69) is 6.92 Å². The molecule has 0 N–H and O–H groups in total. The van der Waals surface area contributed by atoms with Crippen LogP contribution in [-0.4, -0.2) is 20.0 Å². The smallest absolute Gasteiger partial charge is 0.153 e. The van der Waals surface area contributed by atoms with Gasteiger partial charge in [0.05, 0.1) is 19.3 Å². The first-order valence-electron chi connectivity index (χ1n) is 8.07. The summed E-state index contributed by atoms with van der Waals surface area (Å²) in [5.74, 6) is 1.33. The topological polar surface area (TPSA) is 35.5 Å². The molecule has 0 aromatic heterocycles. The van der Waals surface area contributed by atoms with E-state index >= 15 is 0 Å². The van der Waals surface area contributed by atoms with Gasteiger partial charge in [0.2, 0.25) is 0 Å². The molecule has 0 amide bonds. The van der Waals surface area contributed by atoms with Crippen molar-refractivity contribution in [2.75, 3.05) is 13.7 Å². The Kier molecular flexibility index (Phi) is 9.34. The van der Waals surface area contributed by atoms with Crippen LogP contribution in [-0.2, 0) is 0 Å². The molecule has 1 aromatic rings. The third-order valence-electron chi connectivity index (χ3n) is 3.60. The number of rotatable bonds is 12. The Bertz CT molecular complexity index is 401. The van der Waals surface area contributed by atoms with Crippen molar-refractivity contribution in [1.82, 2.24) is 0 Å². The highest BCUT2D eigenvalue weighted by molar-refractivity contribution is 5.79. The molecule has 0 fully saturated rings. The Hall–Kier alpha value is -1.51. The second-order valence-corrected chi connectivity index (χ2v) is 5.34. The second-order valence-electron chi connectivity index (χ2n) is 5.34. The molecule has 0 heterocycles. The summed E-state index contributed by atoms with van der Waals surface area (Å²) in [4.78, 5) is 11.0. The molecule has 1 aromatic carbocycles. The number of ether oxygens (including phenoxy) is 2. The molecule has 0 aliphatic heterocycles. The van der Waals surface area contributed by atoms with Crippen molar-refractivity contribution >= 4 is 6.29 Å². The van der Waals surface area contributed by atoms with Gasteiger partial charge in [0.15, 0.2) is 6.29 Å². The molecule has 0 saturated carbocycles. The quantitative estimate of drug-likeness (QED) is 0.400. The predicted octanol–water partition coefficient (Wildman–Crippen LogP) is 5.03. The lowest BCUT2D eigenvalue weighted by Gasteiger charge is -2.10. The van der Waals surface area contributed by atoms with Crippen LogP contribution in [0.15, 0.2) is 18.2 Å².